The number of hydrogen-bond acceptors (Lipinski definition) is 4. The minimum atomic E-state index is -1.24. The van der Waals surface area contributed by atoms with Crippen molar-refractivity contribution in [2.75, 3.05) is 6.61 Å². The van der Waals surface area contributed by atoms with Crippen LogP contribution in [0.15, 0.2) is 39.9 Å². The molecule has 1 aromatic carbocycles. The van der Waals surface area contributed by atoms with Gasteiger partial charge in [-0.05, 0) is 29.6 Å². The van der Waals surface area contributed by atoms with Gasteiger partial charge in [0.2, 0.25) is 5.28 Å². The van der Waals surface area contributed by atoms with E-state index in [0.717, 1.165) is 16.2 Å². The normalized spacial score (nSPS) is 12.0. The summed E-state index contributed by atoms with van der Waals surface area (Å²) in [5.74, 6) is 0. The van der Waals surface area contributed by atoms with E-state index in [4.69, 9.17) is 16.3 Å². The lowest BCUT2D eigenvalue weighted by Crippen LogP contribution is -2.39. The van der Waals surface area contributed by atoms with Gasteiger partial charge < -0.3 is 9.30 Å². The van der Waals surface area contributed by atoms with Crippen LogP contribution in [0.2, 0.25) is 31.0 Å². The van der Waals surface area contributed by atoms with E-state index in [1.54, 1.807) is 4.57 Å². The van der Waals surface area contributed by atoms with Gasteiger partial charge in [0, 0.05) is 28.3 Å². The molecule has 0 saturated carbocycles. The summed E-state index contributed by atoms with van der Waals surface area (Å²) in [6.45, 7) is 7.89. The first-order chi connectivity index (χ1) is 13.7. The monoisotopic (exact) mass is 434 g/mol. The van der Waals surface area contributed by atoms with Gasteiger partial charge in [0.15, 0.2) is 11.2 Å². The Morgan fingerprint density at radius 2 is 1.79 bits per heavy atom. The lowest BCUT2D eigenvalue weighted by Gasteiger charge is -2.16. The number of nitrogens with zero attached hydrogens (tertiary/aromatic N) is 4. The van der Waals surface area contributed by atoms with E-state index < -0.39 is 19.3 Å². The summed E-state index contributed by atoms with van der Waals surface area (Å²) in [5, 5.41) is 0.189. The van der Waals surface area contributed by atoms with E-state index in [0.29, 0.717) is 25.1 Å². The van der Waals surface area contributed by atoms with E-state index >= 15 is 0 Å². The molecule has 0 fully saturated rings. The van der Waals surface area contributed by atoms with E-state index in [1.165, 1.54) is 11.6 Å². The maximum absolute atomic E-state index is 12.8. The predicted octanol–water partition coefficient (Wildman–Crippen LogP) is 3.11. The maximum atomic E-state index is 12.8. The highest BCUT2D eigenvalue weighted by Crippen LogP contribution is 2.17. The first-order valence-corrected chi connectivity index (χ1v) is 13.7. The molecule has 7 nitrogen and oxygen atoms in total. The summed E-state index contributed by atoms with van der Waals surface area (Å²) in [4.78, 5) is 29.8. The van der Waals surface area contributed by atoms with E-state index in [-0.39, 0.29) is 17.7 Å². The van der Waals surface area contributed by atoms with Crippen LogP contribution in [0, 0.1) is 0 Å². The summed E-state index contributed by atoms with van der Waals surface area (Å²) in [6.07, 6.45) is 0.695. The van der Waals surface area contributed by atoms with Gasteiger partial charge in [-0.3, -0.25) is 13.9 Å². The van der Waals surface area contributed by atoms with Crippen molar-refractivity contribution < 1.29 is 4.74 Å². The summed E-state index contributed by atoms with van der Waals surface area (Å²) in [5.41, 5.74) is 0.854. The van der Waals surface area contributed by atoms with Crippen LogP contribution < -0.4 is 11.2 Å². The number of imidazole rings is 1. The lowest BCUT2D eigenvalue weighted by molar-refractivity contribution is 0.0857. The average molecular weight is 435 g/mol. The summed E-state index contributed by atoms with van der Waals surface area (Å²) < 4.78 is 9.88. The minimum absolute atomic E-state index is 0.0416. The Balaban J connectivity index is 1.94. The summed E-state index contributed by atoms with van der Waals surface area (Å²) >= 11 is 6.36. The topological polar surface area (TPSA) is 71.1 Å². The first-order valence-electron chi connectivity index (χ1n) is 9.66. The van der Waals surface area contributed by atoms with Crippen LogP contribution in [0.1, 0.15) is 5.56 Å². The Hall–Kier alpha value is -2.16. The van der Waals surface area contributed by atoms with Crippen molar-refractivity contribution in [3.05, 3.63) is 62.0 Å². The molecular formula is C20H27ClN4O3Si. The van der Waals surface area contributed by atoms with E-state index in [1.807, 2.05) is 30.3 Å². The summed E-state index contributed by atoms with van der Waals surface area (Å²) in [6, 6.07) is 10.9. The molecule has 0 bridgehead atoms. The van der Waals surface area contributed by atoms with Crippen molar-refractivity contribution in [2.45, 2.75) is 45.4 Å². The van der Waals surface area contributed by atoms with Crippen LogP contribution in [0.4, 0.5) is 0 Å². The molecule has 0 atom stereocenters. The molecule has 0 aliphatic rings. The smallest absolute Gasteiger partial charge is 0.334 e. The lowest BCUT2D eigenvalue weighted by atomic mass is 10.1. The van der Waals surface area contributed by atoms with Crippen molar-refractivity contribution in [2.24, 2.45) is 7.05 Å². The highest BCUT2D eigenvalue weighted by molar-refractivity contribution is 6.76. The van der Waals surface area contributed by atoms with Crippen molar-refractivity contribution in [3.8, 4) is 0 Å². The van der Waals surface area contributed by atoms with Crippen LogP contribution in [-0.4, -0.2) is 33.4 Å². The fraction of sp³-hybridized carbons (Fsp3) is 0.450. The minimum Gasteiger partial charge on any atom is -0.361 e. The van der Waals surface area contributed by atoms with Crippen LogP contribution in [0.25, 0.3) is 11.2 Å². The molecule has 0 saturated heterocycles. The van der Waals surface area contributed by atoms with Gasteiger partial charge in [0.1, 0.15) is 6.73 Å². The molecule has 0 aliphatic heterocycles. The second kappa shape index (κ2) is 8.69. The molecule has 3 aromatic rings. The van der Waals surface area contributed by atoms with Crippen LogP contribution in [-0.2, 0) is 31.5 Å². The second-order valence-electron chi connectivity index (χ2n) is 8.36. The number of aryl methyl sites for hydroxylation is 2. The molecule has 3 rings (SSSR count). The zero-order valence-corrected chi connectivity index (χ0v) is 19.1. The number of hydrogen-bond donors (Lipinski definition) is 0. The van der Waals surface area contributed by atoms with Crippen molar-refractivity contribution >= 4 is 30.8 Å². The third-order valence-electron chi connectivity index (χ3n) is 4.87. The van der Waals surface area contributed by atoms with Gasteiger partial charge in [-0.15, -0.1) is 0 Å². The van der Waals surface area contributed by atoms with Gasteiger partial charge in [-0.1, -0.05) is 50.0 Å². The third kappa shape index (κ3) is 4.88. The summed E-state index contributed by atoms with van der Waals surface area (Å²) in [7, 11) is 0.225. The Morgan fingerprint density at radius 1 is 1.10 bits per heavy atom. The number of benzene rings is 1. The fourth-order valence-electron chi connectivity index (χ4n) is 3.07. The quantitative estimate of drug-likeness (QED) is 0.310. The molecule has 0 N–H and O–H groups in total. The molecular weight excluding hydrogens is 408 g/mol. The Morgan fingerprint density at radius 3 is 2.45 bits per heavy atom. The van der Waals surface area contributed by atoms with Crippen molar-refractivity contribution in [3.63, 3.8) is 0 Å². The average Bonchev–Trinajstić information content (AvgIpc) is 3.00. The number of halogens is 1. The second-order valence-corrected chi connectivity index (χ2v) is 14.3. The Labute approximate surface area is 175 Å². The zero-order chi connectivity index (χ0) is 21.2. The molecule has 156 valence electrons. The van der Waals surface area contributed by atoms with Crippen molar-refractivity contribution in [1.82, 2.24) is 18.7 Å². The molecule has 0 unspecified atom stereocenters. The van der Waals surface area contributed by atoms with E-state index in [9.17, 15) is 9.59 Å². The molecule has 29 heavy (non-hydrogen) atoms. The van der Waals surface area contributed by atoms with Gasteiger partial charge >= 0.3 is 5.69 Å². The molecule has 0 aliphatic carbocycles. The molecule has 9 heteroatoms. The molecule has 0 amide bonds. The van der Waals surface area contributed by atoms with Crippen LogP contribution in [0.3, 0.4) is 0 Å². The van der Waals surface area contributed by atoms with E-state index in [2.05, 4.69) is 24.6 Å². The van der Waals surface area contributed by atoms with Crippen molar-refractivity contribution in [1.29, 1.82) is 0 Å². The number of ether oxygens (including phenoxy) is 1. The SMILES string of the molecule is Cn1c(=O)c2c(nc(Cl)n2CCc2ccccc2)n(COCC[Si](C)(C)C)c1=O. The first kappa shape index (κ1) is 21.5. The van der Waals surface area contributed by atoms with Crippen LogP contribution >= 0.6 is 11.6 Å². The standard InChI is InChI=1S/C20H27ClN4O3Si/c1-23-18(26)16-17(25(20(23)27)14-28-12-13-29(2,3)4)22-19(21)24(16)11-10-15-8-6-5-7-9-15/h5-9H,10-14H2,1-4H3. The Bertz CT molecular complexity index is 1110. The molecule has 2 heterocycles. The van der Waals surface area contributed by atoms with Gasteiger partial charge in [-0.25, -0.2) is 4.79 Å². The van der Waals surface area contributed by atoms with Gasteiger partial charge in [0.25, 0.3) is 5.56 Å². The largest absolute Gasteiger partial charge is 0.361 e. The van der Waals surface area contributed by atoms with Gasteiger partial charge in [0.05, 0.1) is 0 Å². The van der Waals surface area contributed by atoms with Gasteiger partial charge in [-0.2, -0.15) is 4.98 Å². The highest BCUT2D eigenvalue weighted by Gasteiger charge is 2.20. The fourth-order valence-corrected chi connectivity index (χ4v) is 4.08. The zero-order valence-electron chi connectivity index (χ0n) is 17.3. The number of rotatable bonds is 8. The molecule has 0 spiro atoms. The number of fused-ring (bicyclic) bond motifs is 1. The Kier molecular flexibility index (Phi) is 6.45. The predicted molar refractivity (Wildman–Crippen MR) is 118 cm³/mol. The maximum Gasteiger partial charge on any atom is 0.334 e. The molecule has 2 aromatic heterocycles. The number of aromatic nitrogens is 4. The molecule has 0 radical (unpaired) electrons. The van der Waals surface area contributed by atoms with Crippen LogP contribution in [0.5, 0.6) is 0 Å². The highest BCUT2D eigenvalue weighted by atomic mass is 35.5. The third-order valence-corrected chi connectivity index (χ3v) is 6.86.